The maximum atomic E-state index is 12.8. The summed E-state index contributed by atoms with van der Waals surface area (Å²) in [5.74, 6) is 2.53. The summed E-state index contributed by atoms with van der Waals surface area (Å²) in [4.78, 5) is 36.2. The third-order valence-electron chi connectivity index (χ3n) is 8.08. The maximum Gasteiger partial charge on any atom is 0.410 e. The van der Waals surface area contributed by atoms with E-state index in [4.69, 9.17) is 14.7 Å². The Bertz CT molecular complexity index is 1600. The quantitative estimate of drug-likeness (QED) is 0.219. The minimum Gasteiger partial charge on any atom is -0.444 e. The van der Waals surface area contributed by atoms with E-state index < -0.39 is 5.60 Å². The van der Waals surface area contributed by atoms with Crippen molar-refractivity contribution in [2.24, 2.45) is 0 Å². The maximum absolute atomic E-state index is 12.8. The van der Waals surface area contributed by atoms with Crippen LogP contribution in [0.4, 0.5) is 4.79 Å². The smallest absolute Gasteiger partial charge is 0.410 e. The normalized spacial score (nSPS) is 18.9. The van der Waals surface area contributed by atoms with Gasteiger partial charge in [0.1, 0.15) is 17.2 Å². The first-order valence-electron chi connectivity index (χ1n) is 14.5. The number of H-pyrrole nitrogens is 2. The first kappa shape index (κ1) is 26.7. The summed E-state index contributed by atoms with van der Waals surface area (Å²) >= 11 is 3.63. The summed E-state index contributed by atoms with van der Waals surface area (Å²) in [6.07, 6.45) is 10.5. The Hall–Kier alpha value is -3.17. The number of nitrogens with zero attached hydrogens (tertiary/aromatic N) is 3. The molecule has 7 rings (SSSR count). The van der Waals surface area contributed by atoms with Crippen LogP contribution >= 0.6 is 23.5 Å². The van der Waals surface area contributed by atoms with E-state index in [1.165, 1.54) is 50.8 Å². The second-order valence-corrected chi connectivity index (χ2v) is 14.4. The Kier molecular flexibility index (Phi) is 6.90. The number of rotatable bonds is 4. The predicted molar refractivity (Wildman–Crippen MR) is 162 cm³/mol. The van der Waals surface area contributed by atoms with Crippen LogP contribution in [0.25, 0.3) is 22.5 Å². The van der Waals surface area contributed by atoms with E-state index in [2.05, 4.69) is 46.4 Å². The fraction of sp³-hybridized carbons (Fsp3) is 0.406. The Labute approximate surface area is 249 Å². The molecule has 3 aliphatic rings. The van der Waals surface area contributed by atoms with Crippen molar-refractivity contribution >= 4 is 29.6 Å². The number of carbonyl (C=O) groups is 1. The minimum atomic E-state index is -0.520. The highest BCUT2D eigenvalue weighted by molar-refractivity contribution is 8.05. The van der Waals surface area contributed by atoms with E-state index in [0.717, 1.165) is 41.4 Å². The second kappa shape index (κ2) is 10.6. The first-order valence-corrected chi connectivity index (χ1v) is 16.2. The number of likely N-dealkylation sites (tertiary alicyclic amines) is 1. The number of benzene rings is 2. The van der Waals surface area contributed by atoms with E-state index in [1.54, 1.807) is 4.90 Å². The largest absolute Gasteiger partial charge is 0.444 e. The number of carbonyl (C=O) groups excluding carboxylic acids is 1. The van der Waals surface area contributed by atoms with Crippen LogP contribution in [0.15, 0.2) is 68.4 Å². The third-order valence-corrected chi connectivity index (χ3v) is 10.6. The first-order chi connectivity index (χ1) is 19.8. The van der Waals surface area contributed by atoms with E-state index in [-0.39, 0.29) is 12.1 Å². The summed E-state index contributed by atoms with van der Waals surface area (Å²) in [5, 5.41) is 0. The fourth-order valence-corrected chi connectivity index (χ4v) is 8.32. The molecule has 1 aliphatic carbocycles. The van der Waals surface area contributed by atoms with Gasteiger partial charge in [-0.1, -0.05) is 48.5 Å². The van der Waals surface area contributed by atoms with Crippen molar-refractivity contribution in [2.75, 3.05) is 6.54 Å². The molecule has 0 unspecified atom stereocenters. The van der Waals surface area contributed by atoms with E-state index in [9.17, 15) is 4.79 Å². The van der Waals surface area contributed by atoms with Gasteiger partial charge < -0.3 is 14.7 Å². The zero-order valence-electron chi connectivity index (χ0n) is 23.7. The summed E-state index contributed by atoms with van der Waals surface area (Å²) < 4.78 is 5.65. The molecule has 41 heavy (non-hydrogen) atoms. The molecular formula is C32H35N5O2S2. The van der Waals surface area contributed by atoms with Crippen molar-refractivity contribution in [2.45, 2.75) is 96.4 Å². The van der Waals surface area contributed by atoms with Gasteiger partial charge in [0.2, 0.25) is 0 Å². The lowest BCUT2D eigenvalue weighted by Gasteiger charge is -2.27. The van der Waals surface area contributed by atoms with Gasteiger partial charge in [-0.2, -0.15) is 0 Å². The number of hydrogen-bond donors (Lipinski definition) is 2. The van der Waals surface area contributed by atoms with Crippen molar-refractivity contribution in [1.29, 1.82) is 0 Å². The number of aromatic amines is 2. The van der Waals surface area contributed by atoms with Crippen LogP contribution in [0.1, 0.15) is 82.9 Å². The van der Waals surface area contributed by atoms with Gasteiger partial charge in [0.25, 0.3) is 0 Å². The molecule has 1 atom stereocenters. The van der Waals surface area contributed by atoms with Gasteiger partial charge in [0.15, 0.2) is 0 Å². The molecule has 7 nitrogen and oxygen atoms in total. The molecule has 1 amide bonds. The molecule has 9 heteroatoms. The minimum absolute atomic E-state index is 0.0943. The molecule has 2 fully saturated rings. The number of fused-ring (bicyclic) bond motifs is 2. The van der Waals surface area contributed by atoms with Gasteiger partial charge in [-0.05, 0) is 70.7 Å². The Balaban J connectivity index is 1.10. The van der Waals surface area contributed by atoms with Crippen LogP contribution in [0.5, 0.6) is 0 Å². The second-order valence-electron chi connectivity index (χ2n) is 12.2. The third kappa shape index (κ3) is 5.42. The molecule has 2 aromatic carbocycles. The SMILES string of the molecule is CC(C)(C)OC(=O)N1CCC[C@@H]1c1ncc(-c2ccc3c(c2)Sc2cc(-c4cnc(C5CCCC5)[nH]4)ccc2S3)[nH]1. The number of ether oxygens (including phenoxy) is 1. The molecule has 0 bridgehead atoms. The standard InChI is InChI=1S/C32H35N5O2S2/c1-32(2,3)39-31(38)37-14-6-9-24(37)30-34-18-23(36-30)21-11-13-26-28(16-21)41-27-15-20(10-12-25(27)40-26)22-17-33-29(35-22)19-7-4-5-8-19/h10-13,15-19,24H,4-9,14H2,1-3H3,(H,33,35)(H,34,36)/t24-/m1/s1. The monoisotopic (exact) mass is 585 g/mol. The average molecular weight is 586 g/mol. The zero-order chi connectivity index (χ0) is 28.1. The molecular weight excluding hydrogens is 551 g/mol. The van der Waals surface area contributed by atoms with Gasteiger partial charge in [-0.15, -0.1) is 0 Å². The molecule has 4 heterocycles. The summed E-state index contributed by atoms with van der Waals surface area (Å²) in [6.45, 7) is 6.38. The van der Waals surface area contributed by atoms with Gasteiger partial charge >= 0.3 is 6.09 Å². The highest BCUT2D eigenvalue weighted by Gasteiger charge is 2.35. The molecule has 0 radical (unpaired) electrons. The van der Waals surface area contributed by atoms with Gasteiger partial charge in [0.05, 0.1) is 29.8 Å². The lowest BCUT2D eigenvalue weighted by Crippen LogP contribution is -2.36. The molecule has 0 spiro atoms. The number of nitrogens with one attached hydrogen (secondary N) is 2. The fourth-order valence-electron chi connectivity index (χ4n) is 6.05. The van der Waals surface area contributed by atoms with E-state index in [0.29, 0.717) is 12.5 Å². The molecule has 2 aromatic heterocycles. The van der Waals surface area contributed by atoms with Gasteiger partial charge in [-0.3, -0.25) is 4.90 Å². The Morgan fingerprint density at radius 2 is 1.41 bits per heavy atom. The van der Waals surface area contributed by atoms with Crippen molar-refractivity contribution < 1.29 is 9.53 Å². The predicted octanol–water partition coefficient (Wildman–Crippen LogP) is 8.81. The highest BCUT2D eigenvalue weighted by Crippen LogP contribution is 2.50. The molecule has 2 aliphatic heterocycles. The summed E-state index contributed by atoms with van der Waals surface area (Å²) in [6, 6.07) is 13.2. The topological polar surface area (TPSA) is 86.9 Å². The molecule has 2 N–H and O–H groups in total. The van der Waals surface area contributed by atoms with Crippen LogP contribution in [0.2, 0.25) is 0 Å². The van der Waals surface area contributed by atoms with Crippen molar-refractivity contribution in [3.05, 3.63) is 60.4 Å². The summed E-state index contributed by atoms with van der Waals surface area (Å²) in [5.41, 5.74) is 3.80. The number of amides is 1. The van der Waals surface area contributed by atoms with Crippen LogP contribution < -0.4 is 0 Å². The van der Waals surface area contributed by atoms with E-state index in [1.807, 2.05) is 56.7 Å². The number of hydrogen-bond acceptors (Lipinski definition) is 6. The highest BCUT2D eigenvalue weighted by atomic mass is 32.2. The number of aromatic nitrogens is 4. The Morgan fingerprint density at radius 3 is 2.05 bits per heavy atom. The molecule has 4 aromatic rings. The van der Waals surface area contributed by atoms with E-state index >= 15 is 0 Å². The van der Waals surface area contributed by atoms with Crippen molar-refractivity contribution in [3.8, 4) is 22.5 Å². The lowest BCUT2D eigenvalue weighted by molar-refractivity contribution is 0.0218. The molecule has 1 saturated carbocycles. The molecule has 1 saturated heterocycles. The van der Waals surface area contributed by atoms with Gasteiger partial charge in [0, 0.05) is 43.2 Å². The van der Waals surface area contributed by atoms with Crippen LogP contribution in [0, 0.1) is 0 Å². The lowest BCUT2D eigenvalue weighted by atomic mass is 10.1. The van der Waals surface area contributed by atoms with Crippen LogP contribution in [0.3, 0.4) is 0 Å². The van der Waals surface area contributed by atoms with Crippen molar-refractivity contribution in [1.82, 2.24) is 24.8 Å². The number of imidazole rings is 2. The van der Waals surface area contributed by atoms with Crippen LogP contribution in [-0.2, 0) is 4.74 Å². The van der Waals surface area contributed by atoms with Gasteiger partial charge in [-0.25, -0.2) is 14.8 Å². The zero-order valence-corrected chi connectivity index (χ0v) is 25.3. The van der Waals surface area contributed by atoms with Crippen molar-refractivity contribution in [3.63, 3.8) is 0 Å². The summed E-state index contributed by atoms with van der Waals surface area (Å²) in [7, 11) is 0. The van der Waals surface area contributed by atoms with Crippen LogP contribution in [-0.4, -0.2) is 43.1 Å². The average Bonchev–Trinajstić information content (AvgIpc) is 3.76. The Morgan fingerprint density at radius 1 is 0.829 bits per heavy atom. The molecule has 212 valence electrons.